The SMILES string of the molecule is Cc1nn(CCC(=O)Nc2cnn(C)c2C(=O)NCc2cnn(C)c2)cc1[N+](=O)[O-]. The molecule has 0 saturated heterocycles. The second-order valence-corrected chi connectivity index (χ2v) is 6.65. The minimum Gasteiger partial charge on any atom is -0.346 e. The molecule has 0 aliphatic carbocycles. The van der Waals surface area contributed by atoms with Gasteiger partial charge in [0.15, 0.2) is 0 Å². The number of nitrogens with one attached hydrogen (secondary N) is 2. The van der Waals surface area contributed by atoms with E-state index in [9.17, 15) is 19.7 Å². The number of hydrogen-bond acceptors (Lipinski definition) is 7. The zero-order valence-electron chi connectivity index (χ0n) is 16.7. The van der Waals surface area contributed by atoms with Crippen molar-refractivity contribution in [1.82, 2.24) is 34.7 Å². The molecule has 0 aliphatic rings. The summed E-state index contributed by atoms with van der Waals surface area (Å²) in [5.74, 6) is -0.771. The lowest BCUT2D eigenvalue weighted by Crippen LogP contribution is -2.26. The molecule has 0 unspecified atom stereocenters. The van der Waals surface area contributed by atoms with Gasteiger partial charge in [-0.1, -0.05) is 0 Å². The lowest BCUT2D eigenvalue weighted by atomic mass is 10.3. The Labute approximate surface area is 170 Å². The van der Waals surface area contributed by atoms with Gasteiger partial charge in [0, 0.05) is 45.4 Å². The molecule has 0 atom stereocenters. The fourth-order valence-electron chi connectivity index (χ4n) is 2.86. The number of aryl methyl sites for hydroxylation is 4. The number of rotatable bonds is 8. The molecule has 3 aromatic heterocycles. The Kier molecular flexibility index (Phi) is 5.90. The third-order valence-corrected chi connectivity index (χ3v) is 4.32. The van der Waals surface area contributed by atoms with E-state index in [-0.39, 0.29) is 48.2 Å². The van der Waals surface area contributed by atoms with Crippen LogP contribution in [0.3, 0.4) is 0 Å². The molecule has 0 fully saturated rings. The monoisotopic (exact) mass is 415 g/mol. The Morgan fingerprint density at radius 1 is 1.20 bits per heavy atom. The predicted octanol–water partition coefficient (Wildman–Crippen LogP) is 0.526. The summed E-state index contributed by atoms with van der Waals surface area (Å²) >= 11 is 0. The smallest absolute Gasteiger partial charge is 0.309 e. The highest BCUT2D eigenvalue weighted by Crippen LogP contribution is 2.17. The van der Waals surface area contributed by atoms with Gasteiger partial charge in [-0.05, 0) is 6.92 Å². The Bertz CT molecular complexity index is 1090. The topological polar surface area (TPSA) is 155 Å². The van der Waals surface area contributed by atoms with E-state index >= 15 is 0 Å². The third-order valence-electron chi connectivity index (χ3n) is 4.32. The van der Waals surface area contributed by atoms with Gasteiger partial charge in [0.25, 0.3) is 5.91 Å². The first kappa shape index (κ1) is 20.7. The molecule has 2 amide bonds. The van der Waals surface area contributed by atoms with E-state index in [1.54, 1.807) is 31.2 Å². The molecular formula is C17H21N9O4. The van der Waals surface area contributed by atoms with E-state index in [0.717, 1.165) is 5.56 Å². The Balaban J connectivity index is 1.60. The van der Waals surface area contributed by atoms with Crippen LogP contribution in [0.5, 0.6) is 0 Å². The molecule has 0 radical (unpaired) electrons. The Morgan fingerprint density at radius 3 is 2.60 bits per heavy atom. The third kappa shape index (κ3) is 4.68. The fourth-order valence-corrected chi connectivity index (χ4v) is 2.86. The summed E-state index contributed by atoms with van der Waals surface area (Å²) in [7, 11) is 3.38. The number of carbonyl (C=O) groups is 2. The average molecular weight is 415 g/mol. The molecular weight excluding hydrogens is 394 g/mol. The van der Waals surface area contributed by atoms with Crippen molar-refractivity contribution >= 4 is 23.2 Å². The summed E-state index contributed by atoms with van der Waals surface area (Å²) in [4.78, 5) is 35.2. The molecule has 13 heteroatoms. The van der Waals surface area contributed by atoms with Gasteiger partial charge in [-0.3, -0.25) is 33.7 Å². The van der Waals surface area contributed by atoms with Crippen LogP contribution in [0, 0.1) is 17.0 Å². The lowest BCUT2D eigenvalue weighted by molar-refractivity contribution is -0.385. The van der Waals surface area contributed by atoms with Crippen LogP contribution in [-0.4, -0.2) is 46.1 Å². The van der Waals surface area contributed by atoms with E-state index < -0.39 is 10.8 Å². The second-order valence-electron chi connectivity index (χ2n) is 6.65. The zero-order chi connectivity index (χ0) is 21.8. The average Bonchev–Trinajstić information content (AvgIpc) is 3.37. The number of nitrogens with zero attached hydrogens (tertiary/aromatic N) is 7. The summed E-state index contributed by atoms with van der Waals surface area (Å²) < 4.78 is 4.35. The van der Waals surface area contributed by atoms with Gasteiger partial charge in [0.05, 0.1) is 23.0 Å². The van der Waals surface area contributed by atoms with Gasteiger partial charge in [0.2, 0.25) is 5.91 Å². The van der Waals surface area contributed by atoms with Crippen molar-refractivity contribution in [3.05, 3.63) is 51.9 Å². The number of aromatic nitrogens is 6. The molecule has 2 N–H and O–H groups in total. The maximum absolute atomic E-state index is 12.6. The molecule has 0 bridgehead atoms. The van der Waals surface area contributed by atoms with E-state index in [4.69, 9.17) is 0 Å². The first-order valence-electron chi connectivity index (χ1n) is 9.00. The van der Waals surface area contributed by atoms with Crippen LogP contribution in [0.4, 0.5) is 11.4 Å². The highest BCUT2D eigenvalue weighted by molar-refractivity contribution is 6.02. The van der Waals surface area contributed by atoms with E-state index in [1.807, 2.05) is 0 Å². The first-order chi connectivity index (χ1) is 14.2. The largest absolute Gasteiger partial charge is 0.346 e. The normalized spacial score (nSPS) is 10.8. The number of nitro groups is 1. The molecule has 0 saturated carbocycles. The summed E-state index contributed by atoms with van der Waals surface area (Å²) in [6, 6.07) is 0. The van der Waals surface area contributed by atoms with Crippen molar-refractivity contribution in [1.29, 1.82) is 0 Å². The van der Waals surface area contributed by atoms with Crippen LogP contribution in [0.15, 0.2) is 24.8 Å². The number of anilines is 1. The lowest BCUT2D eigenvalue weighted by Gasteiger charge is -2.08. The van der Waals surface area contributed by atoms with Gasteiger partial charge in [-0.15, -0.1) is 0 Å². The fraction of sp³-hybridized carbons (Fsp3) is 0.353. The van der Waals surface area contributed by atoms with E-state index in [0.29, 0.717) is 0 Å². The molecule has 3 heterocycles. The van der Waals surface area contributed by atoms with Crippen LogP contribution >= 0.6 is 0 Å². The summed E-state index contributed by atoms with van der Waals surface area (Å²) in [5, 5.41) is 28.4. The molecule has 3 rings (SSSR count). The molecule has 30 heavy (non-hydrogen) atoms. The van der Waals surface area contributed by atoms with Gasteiger partial charge in [0.1, 0.15) is 17.6 Å². The van der Waals surface area contributed by atoms with Crippen LogP contribution in [0.2, 0.25) is 0 Å². The number of hydrogen-bond donors (Lipinski definition) is 2. The standard InChI is InChI=1S/C17H21N9O4/c1-11-14(26(29)30)10-25(22-11)5-4-15(27)21-13-8-20-24(3)16(13)17(28)18-6-12-7-19-23(2)9-12/h7-10H,4-6H2,1-3H3,(H,18,28)(H,21,27). The molecule has 3 aromatic rings. The maximum atomic E-state index is 12.6. The highest BCUT2D eigenvalue weighted by Gasteiger charge is 2.19. The van der Waals surface area contributed by atoms with Gasteiger partial charge in [-0.2, -0.15) is 15.3 Å². The van der Waals surface area contributed by atoms with E-state index in [1.165, 1.54) is 28.7 Å². The van der Waals surface area contributed by atoms with Crippen molar-refractivity contribution in [3.8, 4) is 0 Å². The predicted molar refractivity (Wildman–Crippen MR) is 104 cm³/mol. The summed E-state index contributed by atoms with van der Waals surface area (Å²) in [5.41, 5.74) is 1.49. The van der Waals surface area contributed by atoms with Crippen molar-refractivity contribution < 1.29 is 14.5 Å². The van der Waals surface area contributed by atoms with Crippen molar-refractivity contribution in [2.45, 2.75) is 26.4 Å². The van der Waals surface area contributed by atoms with Crippen molar-refractivity contribution in [3.63, 3.8) is 0 Å². The zero-order valence-corrected chi connectivity index (χ0v) is 16.7. The first-order valence-corrected chi connectivity index (χ1v) is 9.00. The molecule has 0 aliphatic heterocycles. The van der Waals surface area contributed by atoms with Crippen molar-refractivity contribution in [2.75, 3.05) is 5.32 Å². The van der Waals surface area contributed by atoms with Gasteiger partial charge < -0.3 is 10.6 Å². The van der Waals surface area contributed by atoms with Crippen LogP contribution in [0.25, 0.3) is 0 Å². The number of carbonyl (C=O) groups excluding carboxylic acids is 2. The summed E-state index contributed by atoms with van der Waals surface area (Å²) in [6.45, 7) is 1.97. The molecule has 13 nitrogen and oxygen atoms in total. The minimum absolute atomic E-state index is 0.0178. The minimum atomic E-state index is -0.523. The van der Waals surface area contributed by atoms with Crippen LogP contribution in [-0.2, 0) is 32.0 Å². The quantitative estimate of drug-likeness (QED) is 0.401. The van der Waals surface area contributed by atoms with Gasteiger partial charge in [-0.25, -0.2) is 0 Å². The van der Waals surface area contributed by atoms with Crippen LogP contribution < -0.4 is 10.6 Å². The maximum Gasteiger partial charge on any atom is 0.309 e. The molecule has 158 valence electrons. The Hall–Kier alpha value is -4.03. The highest BCUT2D eigenvalue weighted by atomic mass is 16.6. The number of amides is 2. The Morgan fingerprint density at radius 2 is 1.97 bits per heavy atom. The molecule has 0 spiro atoms. The second kappa shape index (κ2) is 8.55. The van der Waals surface area contributed by atoms with Crippen molar-refractivity contribution in [2.24, 2.45) is 14.1 Å². The van der Waals surface area contributed by atoms with Crippen LogP contribution in [0.1, 0.15) is 28.2 Å². The van der Waals surface area contributed by atoms with Gasteiger partial charge >= 0.3 is 5.69 Å². The molecule has 0 aromatic carbocycles. The summed E-state index contributed by atoms with van der Waals surface area (Å²) in [6.07, 6.45) is 6.12. The van der Waals surface area contributed by atoms with E-state index in [2.05, 4.69) is 25.9 Å².